The van der Waals surface area contributed by atoms with Crippen molar-refractivity contribution in [3.05, 3.63) is 30.3 Å². The Morgan fingerprint density at radius 1 is 1.31 bits per heavy atom. The molecule has 16 heavy (non-hydrogen) atoms. The Labute approximate surface area is 100 Å². The second kappa shape index (κ2) is 5.66. The van der Waals surface area contributed by atoms with Gasteiger partial charge in [0.15, 0.2) is 11.2 Å². The Hall–Kier alpha value is -1.35. The normalized spacial score (nSPS) is 11.9. The van der Waals surface area contributed by atoms with Gasteiger partial charge in [-0.1, -0.05) is 18.2 Å². The molecule has 3 nitrogen and oxygen atoms in total. The number of rotatable bonds is 4. The molecule has 0 aliphatic heterocycles. The molecule has 1 aromatic rings. The third kappa shape index (κ3) is 2.83. The number of alkyl halides is 1. The lowest BCUT2D eigenvalue weighted by Crippen LogP contribution is -2.39. The highest BCUT2D eigenvalue weighted by molar-refractivity contribution is 6.43. The molecule has 0 heterocycles. The van der Waals surface area contributed by atoms with Crippen molar-refractivity contribution in [1.29, 1.82) is 0 Å². The highest BCUT2D eigenvalue weighted by Crippen LogP contribution is 2.16. The number of benzene rings is 1. The minimum atomic E-state index is -1.10. The number of carbonyl (C=O) groups is 2. The maximum Gasteiger partial charge on any atom is 0.252 e. The fraction of sp³-hybridized carbons (Fsp3) is 0.333. The van der Waals surface area contributed by atoms with Crippen LogP contribution >= 0.6 is 11.6 Å². The predicted octanol–water partition coefficient (Wildman–Crippen LogP) is 2.24. The zero-order chi connectivity index (χ0) is 12.1. The number of Topliss-reactive ketones (excluding diaryl/α,β-unsaturated/α-hetero) is 1. The summed E-state index contributed by atoms with van der Waals surface area (Å²) in [6.07, 6.45) is 0. The Morgan fingerprint density at radius 2 is 1.88 bits per heavy atom. The van der Waals surface area contributed by atoms with E-state index in [1.807, 2.05) is 37.3 Å². The first-order chi connectivity index (χ1) is 7.57. The van der Waals surface area contributed by atoms with Gasteiger partial charge >= 0.3 is 0 Å². The summed E-state index contributed by atoms with van der Waals surface area (Å²) in [6, 6.07) is 9.16. The lowest BCUT2D eigenvalue weighted by molar-refractivity contribution is -0.125. The average Bonchev–Trinajstić information content (AvgIpc) is 2.30. The molecule has 0 aliphatic rings. The molecule has 0 aliphatic carbocycles. The van der Waals surface area contributed by atoms with Gasteiger partial charge in [0.1, 0.15) is 0 Å². The molecule has 0 saturated heterocycles. The summed E-state index contributed by atoms with van der Waals surface area (Å²) >= 11 is 5.75. The molecule has 0 bridgehead atoms. The topological polar surface area (TPSA) is 37.4 Å². The Morgan fingerprint density at radius 3 is 2.31 bits per heavy atom. The third-order valence-corrected chi connectivity index (χ3v) is 2.72. The van der Waals surface area contributed by atoms with E-state index in [9.17, 15) is 9.59 Å². The first-order valence-corrected chi connectivity index (χ1v) is 5.52. The van der Waals surface area contributed by atoms with Crippen molar-refractivity contribution in [3.8, 4) is 0 Å². The van der Waals surface area contributed by atoms with Crippen molar-refractivity contribution >= 4 is 29.0 Å². The van der Waals surface area contributed by atoms with Gasteiger partial charge in [0.05, 0.1) is 0 Å². The number of hydrogen-bond acceptors (Lipinski definition) is 2. The van der Waals surface area contributed by atoms with Gasteiger partial charge in [-0.05, 0) is 26.0 Å². The Balaban J connectivity index is 2.91. The van der Waals surface area contributed by atoms with Gasteiger partial charge in [0.25, 0.3) is 5.91 Å². The summed E-state index contributed by atoms with van der Waals surface area (Å²) in [5.41, 5.74) is 0.752. The van der Waals surface area contributed by atoms with Gasteiger partial charge in [-0.2, -0.15) is 0 Å². The minimum absolute atomic E-state index is 0.332. The van der Waals surface area contributed by atoms with Crippen molar-refractivity contribution in [2.24, 2.45) is 0 Å². The van der Waals surface area contributed by atoms with Crippen LogP contribution in [0.25, 0.3) is 0 Å². The van der Waals surface area contributed by atoms with Crippen molar-refractivity contribution in [1.82, 2.24) is 0 Å². The van der Waals surface area contributed by atoms with E-state index in [-0.39, 0.29) is 11.7 Å². The minimum Gasteiger partial charge on any atom is -0.311 e. The molecule has 1 aromatic carbocycles. The van der Waals surface area contributed by atoms with Crippen LogP contribution in [0.1, 0.15) is 13.8 Å². The van der Waals surface area contributed by atoms with Crippen LogP contribution in [0.3, 0.4) is 0 Å². The van der Waals surface area contributed by atoms with Crippen LogP contribution in [0.4, 0.5) is 5.69 Å². The van der Waals surface area contributed by atoms with Crippen LogP contribution in [-0.2, 0) is 9.59 Å². The third-order valence-electron chi connectivity index (χ3n) is 2.22. The van der Waals surface area contributed by atoms with E-state index < -0.39 is 5.38 Å². The zero-order valence-electron chi connectivity index (χ0n) is 9.31. The molecule has 0 spiro atoms. The lowest BCUT2D eigenvalue weighted by atomic mass is 10.2. The SMILES string of the molecule is CCN(C(=O)C(Cl)C(C)=O)c1ccccc1. The predicted molar refractivity (Wildman–Crippen MR) is 64.8 cm³/mol. The zero-order valence-corrected chi connectivity index (χ0v) is 10.1. The van der Waals surface area contributed by atoms with E-state index in [2.05, 4.69) is 0 Å². The first-order valence-electron chi connectivity index (χ1n) is 5.09. The fourth-order valence-electron chi connectivity index (χ4n) is 1.38. The van der Waals surface area contributed by atoms with E-state index in [1.54, 1.807) is 0 Å². The van der Waals surface area contributed by atoms with Crippen LogP contribution in [0, 0.1) is 0 Å². The first kappa shape index (κ1) is 12.7. The number of halogens is 1. The number of anilines is 1. The summed E-state index contributed by atoms with van der Waals surface area (Å²) in [5, 5.41) is -1.10. The van der Waals surface area contributed by atoms with Crippen molar-refractivity contribution in [2.75, 3.05) is 11.4 Å². The van der Waals surface area contributed by atoms with Crippen LogP contribution in [0.2, 0.25) is 0 Å². The number of carbonyl (C=O) groups excluding carboxylic acids is 2. The van der Waals surface area contributed by atoms with Crippen molar-refractivity contribution in [3.63, 3.8) is 0 Å². The van der Waals surface area contributed by atoms with Gasteiger partial charge in [0.2, 0.25) is 0 Å². The van der Waals surface area contributed by atoms with Crippen LogP contribution < -0.4 is 4.90 Å². The van der Waals surface area contributed by atoms with Gasteiger partial charge in [-0.15, -0.1) is 11.6 Å². The molecular weight excluding hydrogens is 226 g/mol. The number of amides is 1. The second-order valence-corrected chi connectivity index (χ2v) is 3.83. The molecular formula is C12H14ClNO2. The average molecular weight is 240 g/mol. The molecule has 4 heteroatoms. The van der Waals surface area contributed by atoms with Crippen LogP contribution in [-0.4, -0.2) is 23.6 Å². The Bertz CT molecular complexity index is 378. The number of nitrogens with zero attached hydrogens (tertiary/aromatic N) is 1. The van der Waals surface area contributed by atoms with E-state index in [1.165, 1.54) is 11.8 Å². The van der Waals surface area contributed by atoms with Crippen LogP contribution in [0.15, 0.2) is 30.3 Å². The lowest BCUT2D eigenvalue weighted by Gasteiger charge is -2.22. The largest absolute Gasteiger partial charge is 0.311 e. The quantitative estimate of drug-likeness (QED) is 0.597. The second-order valence-electron chi connectivity index (χ2n) is 3.39. The molecule has 0 aromatic heterocycles. The highest BCUT2D eigenvalue weighted by Gasteiger charge is 2.25. The standard InChI is InChI=1S/C12H14ClNO2/c1-3-14(10-7-5-4-6-8-10)12(16)11(13)9(2)15/h4-8,11H,3H2,1-2H3. The van der Waals surface area contributed by atoms with Crippen molar-refractivity contribution in [2.45, 2.75) is 19.2 Å². The van der Waals surface area contributed by atoms with E-state index >= 15 is 0 Å². The molecule has 0 N–H and O–H groups in total. The molecule has 1 atom stereocenters. The number of ketones is 1. The van der Waals surface area contributed by atoms with Crippen molar-refractivity contribution < 1.29 is 9.59 Å². The molecule has 1 amide bonds. The molecule has 86 valence electrons. The van der Waals surface area contributed by atoms with Gasteiger partial charge in [-0.3, -0.25) is 9.59 Å². The molecule has 0 fully saturated rings. The smallest absolute Gasteiger partial charge is 0.252 e. The molecule has 0 radical (unpaired) electrons. The van der Waals surface area contributed by atoms with Gasteiger partial charge in [0, 0.05) is 12.2 Å². The van der Waals surface area contributed by atoms with Gasteiger partial charge in [-0.25, -0.2) is 0 Å². The van der Waals surface area contributed by atoms with E-state index in [0.717, 1.165) is 5.69 Å². The monoisotopic (exact) mass is 239 g/mol. The molecule has 0 saturated carbocycles. The fourth-order valence-corrected chi connectivity index (χ4v) is 1.50. The van der Waals surface area contributed by atoms with E-state index in [4.69, 9.17) is 11.6 Å². The number of para-hydroxylation sites is 1. The summed E-state index contributed by atoms with van der Waals surface area (Å²) in [5.74, 6) is -0.705. The highest BCUT2D eigenvalue weighted by atomic mass is 35.5. The van der Waals surface area contributed by atoms with Gasteiger partial charge < -0.3 is 4.90 Å². The summed E-state index contributed by atoms with van der Waals surface area (Å²) in [4.78, 5) is 24.4. The Kier molecular flexibility index (Phi) is 4.50. The van der Waals surface area contributed by atoms with Crippen LogP contribution in [0.5, 0.6) is 0 Å². The summed E-state index contributed by atoms with van der Waals surface area (Å²) in [7, 11) is 0. The molecule has 1 rings (SSSR count). The molecule has 1 unspecified atom stereocenters. The number of hydrogen-bond donors (Lipinski definition) is 0. The summed E-state index contributed by atoms with van der Waals surface area (Å²) in [6.45, 7) is 3.64. The maximum atomic E-state index is 11.9. The maximum absolute atomic E-state index is 11.9. The summed E-state index contributed by atoms with van der Waals surface area (Å²) < 4.78 is 0. The van der Waals surface area contributed by atoms with E-state index in [0.29, 0.717) is 6.54 Å².